The number of rotatable bonds is 5. The number of aromatic nitrogens is 1. The topological polar surface area (TPSA) is 117 Å². The Hall–Kier alpha value is -3.16. The summed E-state index contributed by atoms with van der Waals surface area (Å²) >= 11 is 0. The summed E-state index contributed by atoms with van der Waals surface area (Å²) in [6, 6.07) is 7.39. The van der Waals surface area contributed by atoms with Crippen LogP contribution in [-0.4, -0.2) is 27.0 Å². The molecule has 2 aromatic rings. The van der Waals surface area contributed by atoms with Crippen LogP contribution in [0, 0.1) is 10.1 Å². The number of pyridine rings is 1. The molecule has 118 valence electrons. The van der Waals surface area contributed by atoms with Crippen molar-refractivity contribution in [2.45, 2.75) is 18.9 Å². The Bertz CT molecular complexity index is 774. The number of aromatic hydroxyl groups is 1. The normalized spacial score (nSPS) is 13.4. The number of nitro benzene ring substituents is 1. The second kappa shape index (κ2) is 5.91. The molecule has 0 aliphatic heterocycles. The van der Waals surface area contributed by atoms with Crippen LogP contribution >= 0.6 is 0 Å². The van der Waals surface area contributed by atoms with E-state index in [1.165, 1.54) is 36.5 Å². The Morgan fingerprint density at radius 2 is 2.13 bits per heavy atom. The van der Waals surface area contributed by atoms with Crippen molar-refractivity contribution in [3.63, 3.8) is 0 Å². The highest BCUT2D eigenvalue weighted by Crippen LogP contribution is 2.31. The van der Waals surface area contributed by atoms with Gasteiger partial charge in [-0.1, -0.05) is 0 Å². The number of benzene rings is 1. The number of anilines is 2. The first-order valence-corrected chi connectivity index (χ1v) is 7.05. The summed E-state index contributed by atoms with van der Waals surface area (Å²) in [6.07, 6.45) is 3.39. The Morgan fingerprint density at radius 1 is 1.35 bits per heavy atom. The van der Waals surface area contributed by atoms with Gasteiger partial charge in [-0.25, -0.2) is 4.98 Å². The third-order valence-corrected chi connectivity index (χ3v) is 3.41. The molecule has 0 radical (unpaired) electrons. The maximum Gasteiger partial charge on any atom is 0.293 e. The first-order valence-electron chi connectivity index (χ1n) is 7.05. The third-order valence-electron chi connectivity index (χ3n) is 3.41. The number of nitrogens with one attached hydrogen (secondary N) is 2. The van der Waals surface area contributed by atoms with Crippen molar-refractivity contribution in [3.05, 3.63) is 52.2 Å². The minimum Gasteiger partial charge on any atom is -0.504 e. The Labute approximate surface area is 131 Å². The molecule has 3 rings (SSSR count). The molecule has 1 aliphatic rings. The van der Waals surface area contributed by atoms with E-state index in [9.17, 15) is 20.0 Å². The number of hydrogen-bond acceptors (Lipinski definition) is 6. The quantitative estimate of drug-likeness (QED) is 0.576. The van der Waals surface area contributed by atoms with Crippen molar-refractivity contribution in [1.82, 2.24) is 4.98 Å². The average molecular weight is 314 g/mol. The third kappa shape index (κ3) is 3.37. The number of nitrogens with zero attached hydrogens (tertiary/aromatic N) is 2. The molecule has 1 fully saturated rings. The average Bonchev–Trinajstić information content (AvgIpc) is 3.33. The first-order chi connectivity index (χ1) is 11.0. The molecule has 3 N–H and O–H groups in total. The van der Waals surface area contributed by atoms with Gasteiger partial charge in [0, 0.05) is 23.9 Å². The largest absolute Gasteiger partial charge is 0.504 e. The van der Waals surface area contributed by atoms with Gasteiger partial charge in [0.25, 0.3) is 11.6 Å². The van der Waals surface area contributed by atoms with Gasteiger partial charge in [0.2, 0.25) is 0 Å². The van der Waals surface area contributed by atoms with Crippen molar-refractivity contribution in [1.29, 1.82) is 0 Å². The summed E-state index contributed by atoms with van der Waals surface area (Å²) in [7, 11) is 0. The molecule has 0 bridgehead atoms. The van der Waals surface area contributed by atoms with Gasteiger partial charge in [0.1, 0.15) is 5.69 Å². The predicted molar refractivity (Wildman–Crippen MR) is 83.6 cm³/mol. The minimum absolute atomic E-state index is 0.000310. The summed E-state index contributed by atoms with van der Waals surface area (Å²) < 4.78 is 0. The van der Waals surface area contributed by atoms with Gasteiger partial charge < -0.3 is 15.7 Å². The number of carbonyl (C=O) groups is 1. The van der Waals surface area contributed by atoms with Crippen molar-refractivity contribution in [3.8, 4) is 5.75 Å². The maximum atomic E-state index is 12.2. The Balaban J connectivity index is 1.84. The molecule has 23 heavy (non-hydrogen) atoms. The van der Waals surface area contributed by atoms with E-state index in [1.54, 1.807) is 0 Å². The second-order valence-corrected chi connectivity index (χ2v) is 5.23. The van der Waals surface area contributed by atoms with Crippen LogP contribution in [-0.2, 0) is 0 Å². The first kappa shape index (κ1) is 14.8. The Kier molecular flexibility index (Phi) is 3.80. The zero-order valence-electron chi connectivity index (χ0n) is 12.0. The molecule has 0 saturated heterocycles. The lowest BCUT2D eigenvalue weighted by atomic mass is 10.1. The monoisotopic (exact) mass is 314 g/mol. The zero-order chi connectivity index (χ0) is 16.4. The van der Waals surface area contributed by atoms with E-state index in [0.717, 1.165) is 12.8 Å². The molecule has 0 spiro atoms. The summed E-state index contributed by atoms with van der Waals surface area (Å²) in [5.74, 6) is -0.761. The molecule has 0 unspecified atom stereocenters. The number of nitro groups is 1. The molecular weight excluding hydrogens is 300 g/mol. The minimum atomic E-state index is -0.583. The highest BCUT2D eigenvalue weighted by Gasteiger charge is 2.25. The molecular formula is C15H14N4O4. The highest BCUT2D eigenvalue weighted by atomic mass is 16.6. The molecule has 1 amide bonds. The van der Waals surface area contributed by atoms with E-state index in [1.807, 2.05) is 0 Å². The zero-order valence-corrected chi connectivity index (χ0v) is 12.0. The van der Waals surface area contributed by atoms with Crippen LogP contribution in [0.25, 0.3) is 0 Å². The van der Waals surface area contributed by atoms with Gasteiger partial charge in [-0.2, -0.15) is 0 Å². The summed E-state index contributed by atoms with van der Waals surface area (Å²) in [5, 5.41) is 26.3. The second-order valence-electron chi connectivity index (χ2n) is 5.23. The van der Waals surface area contributed by atoms with Gasteiger partial charge in [-0.15, -0.1) is 0 Å². The molecule has 8 nitrogen and oxygen atoms in total. The molecule has 0 atom stereocenters. The lowest BCUT2D eigenvalue weighted by molar-refractivity contribution is -0.384. The van der Waals surface area contributed by atoms with Gasteiger partial charge in [0.15, 0.2) is 11.6 Å². The lowest BCUT2D eigenvalue weighted by Gasteiger charge is -2.09. The predicted octanol–water partition coefficient (Wildman–Crippen LogP) is 2.52. The molecule has 8 heteroatoms. The number of carbonyl (C=O) groups excluding carboxylic acids is 1. The van der Waals surface area contributed by atoms with Gasteiger partial charge in [-0.3, -0.25) is 14.9 Å². The summed E-state index contributed by atoms with van der Waals surface area (Å²) in [5.41, 5.74) is 0.354. The van der Waals surface area contributed by atoms with E-state index >= 15 is 0 Å². The van der Waals surface area contributed by atoms with Crippen molar-refractivity contribution in [2.75, 3.05) is 10.6 Å². The maximum absolute atomic E-state index is 12.2. The fourth-order valence-corrected chi connectivity index (χ4v) is 2.07. The number of hydrogen-bond donors (Lipinski definition) is 3. The summed E-state index contributed by atoms with van der Waals surface area (Å²) in [6.45, 7) is 0. The van der Waals surface area contributed by atoms with Crippen molar-refractivity contribution >= 4 is 23.1 Å². The van der Waals surface area contributed by atoms with Gasteiger partial charge in [-0.05, 0) is 37.1 Å². The van der Waals surface area contributed by atoms with Crippen LogP contribution in [0.5, 0.6) is 5.75 Å². The fraction of sp³-hybridized carbons (Fsp3) is 0.200. The molecule has 1 aromatic heterocycles. The molecule has 1 heterocycles. The molecule has 1 saturated carbocycles. The lowest BCUT2D eigenvalue weighted by Crippen LogP contribution is -2.14. The molecule has 1 aliphatic carbocycles. The van der Waals surface area contributed by atoms with E-state index in [-0.39, 0.29) is 28.9 Å². The Morgan fingerprint density at radius 3 is 2.78 bits per heavy atom. The van der Waals surface area contributed by atoms with Crippen molar-refractivity contribution in [2.24, 2.45) is 0 Å². The summed E-state index contributed by atoms with van der Waals surface area (Å²) in [4.78, 5) is 26.7. The van der Waals surface area contributed by atoms with Gasteiger partial charge >= 0.3 is 0 Å². The van der Waals surface area contributed by atoms with E-state index < -0.39 is 10.8 Å². The highest BCUT2D eigenvalue weighted by molar-refractivity contribution is 6.05. The van der Waals surface area contributed by atoms with Crippen LogP contribution < -0.4 is 10.6 Å². The van der Waals surface area contributed by atoms with Crippen LogP contribution in [0.1, 0.15) is 23.2 Å². The number of amides is 1. The van der Waals surface area contributed by atoms with E-state index in [2.05, 4.69) is 15.6 Å². The standard InChI is InChI=1S/C15H14N4O4/c20-13-2-1-7-16-14(13)18-15(21)9-3-6-11(17-10-4-5-10)12(8-9)19(22)23/h1-3,6-8,10,17,20H,4-5H2,(H,16,18,21). The van der Waals surface area contributed by atoms with Crippen LogP contribution in [0.2, 0.25) is 0 Å². The molecule has 1 aromatic carbocycles. The van der Waals surface area contributed by atoms with E-state index in [4.69, 9.17) is 0 Å². The van der Waals surface area contributed by atoms with Crippen molar-refractivity contribution < 1.29 is 14.8 Å². The smallest absolute Gasteiger partial charge is 0.293 e. The van der Waals surface area contributed by atoms with Crippen LogP contribution in [0.3, 0.4) is 0 Å². The van der Waals surface area contributed by atoms with E-state index in [0.29, 0.717) is 5.69 Å². The van der Waals surface area contributed by atoms with Crippen LogP contribution in [0.15, 0.2) is 36.5 Å². The van der Waals surface area contributed by atoms with Crippen LogP contribution in [0.4, 0.5) is 17.2 Å². The fourth-order valence-electron chi connectivity index (χ4n) is 2.07. The van der Waals surface area contributed by atoms with Gasteiger partial charge in [0.05, 0.1) is 4.92 Å². The SMILES string of the molecule is O=C(Nc1ncccc1O)c1ccc(NC2CC2)c([N+](=O)[O-])c1.